The first-order valence-corrected chi connectivity index (χ1v) is 8.89. The number of aromatic nitrogens is 1. The number of benzene rings is 2. The molecular formula is C21H14F3N3O4. The number of nitrogens with zero attached hydrogens (tertiary/aromatic N) is 1. The molecule has 1 saturated heterocycles. The van der Waals surface area contributed by atoms with Crippen LogP contribution in [0, 0.1) is 29.3 Å². The van der Waals surface area contributed by atoms with Crippen molar-refractivity contribution in [3.05, 3.63) is 59.5 Å². The minimum absolute atomic E-state index is 0.230. The molecule has 1 fully saturated rings. The number of urea groups is 1. The molecule has 1 aliphatic heterocycles. The molecule has 2 aromatic carbocycles. The summed E-state index contributed by atoms with van der Waals surface area (Å²) in [5.41, 5.74) is -2.56. The van der Waals surface area contributed by atoms with E-state index in [2.05, 4.69) is 17.2 Å². The van der Waals surface area contributed by atoms with Crippen LogP contribution >= 0.6 is 0 Å². The van der Waals surface area contributed by atoms with Crippen molar-refractivity contribution in [1.29, 1.82) is 0 Å². The van der Waals surface area contributed by atoms with Crippen molar-refractivity contribution in [3.8, 4) is 23.5 Å². The van der Waals surface area contributed by atoms with E-state index in [9.17, 15) is 27.9 Å². The van der Waals surface area contributed by atoms with Gasteiger partial charge in [-0.25, -0.2) is 18.0 Å². The lowest BCUT2D eigenvalue weighted by atomic mass is 9.99. The number of fused-ring (bicyclic) bond motifs is 1. The molecular weight excluding hydrogens is 415 g/mol. The Hall–Kier alpha value is -4.13. The maximum absolute atomic E-state index is 14.0. The predicted octanol–water partition coefficient (Wildman–Crippen LogP) is 2.40. The van der Waals surface area contributed by atoms with Crippen LogP contribution in [0.2, 0.25) is 0 Å². The molecule has 0 aliphatic carbocycles. The summed E-state index contributed by atoms with van der Waals surface area (Å²) >= 11 is 0. The van der Waals surface area contributed by atoms with E-state index in [0.29, 0.717) is 28.7 Å². The SMILES string of the molecule is COc1ccc2cn(C[C@@]3(C#Cc4cc(F)cc(F)c4F)NC(=O)NC3=O)c(O)c2c1. The molecule has 0 spiro atoms. The number of rotatable bonds is 3. The van der Waals surface area contributed by atoms with E-state index in [1.165, 1.54) is 17.9 Å². The highest BCUT2D eigenvalue weighted by Gasteiger charge is 2.46. The van der Waals surface area contributed by atoms with Crippen molar-refractivity contribution in [2.24, 2.45) is 0 Å². The maximum atomic E-state index is 14.0. The number of nitrogens with one attached hydrogen (secondary N) is 2. The van der Waals surface area contributed by atoms with Crippen molar-refractivity contribution in [3.63, 3.8) is 0 Å². The summed E-state index contributed by atoms with van der Waals surface area (Å²) in [6, 6.07) is 5.11. The van der Waals surface area contributed by atoms with Gasteiger partial charge in [0, 0.05) is 23.0 Å². The van der Waals surface area contributed by atoms with Crippen molar-refractivity contribution in [2.75, 3.05) is 7.11 Å². The molecule has 0 bridgehead atoms. The fourth-order valence-electron chi connectivity index (χ4n) is 3.28. The lowest BCUT2D eigenvalue weighted by Gasteiger charge is -2.20. The van der Waals surface area contributed by atoms with Gasteiger partial charge in [0.1, 0.15) is 11.6 Å². The zero-order chi connectivity index (χ0) is 22.3. The minimum atomic E-state index is -1.93. The molecule has 0 saturated carbocycles. The third-order valence-corrected chi connectivity index (χ3v) is 4.82. The van der Waals surface area contributed by atoms with Gasteiger partial charge in [-0.2, -0.15) is 0 Å². The zero-order valence-corrected chi connectivity index (χ0v) is 15.9. The molecule has 0 radical (unpaired) electrons. The number of halogens is 3. The number of carbonyl (C=O) groups is 2. The lowest BCUT2D eigenvalue weighted by Crippen LogP contribution is -2.49. The summed E-state index contributed by atoms with van der Waals surface area (Å²) < 4.78 is 47.3. The number of imide groups is 1. The molecule has 3 aromatic rings. The van der Waals surface area contributed by atoms with E-state index >= 15 is 0 Å². The first kappa shape index (κ1) is 20.2. The van der Waals surface area contributed by atoms with Crippen LogP contribution in [0.1, 0.15) is 5.56 Å². The molecule has 1 atom stereocenters. The molecule has 4 rings (SSSR count). The van der Waals surface area contributed by atoms with E-state index in [1.54, 1.807) is 18.2 Å². The Labute approximate surface area is 173 Å². The second-order valence-electron chi connectivity index (χ2n) is 6.85. The minimum Gasteiger partial charge on any atom is -0.497 e. The van der Waals surface area contributed by atoms with Gasteiger partial charge in [0.15, 0.2) is 17.5 Å². The van der Waals surface area contributed by atoms with Crippen LogP contribution in [-0.2, 0) is 11.3 Å². The Balaban J connectivity index is 1.79. The van der Waals surface area contributed by atoms with Crippen molar-refractivity contribution in [1.82, 2.24) is 15.2 Å². The highest BCUT2D eigenvalue weighted by atomic mass is 19.2. The van der Waals surface area contributed by atoms with Gasteiger partial charge in [-0.05, 0) is 24.3 Å². The quantitative estimate of drug-likeness (QED) is 0.339. The normalized spacial score (nSPS) is 17.8. The zero-order valence-electron chi connectivity index (χ0n) is 15.9. The van der Waals surface area contributed by atoms with Gasteiger partial charge >= 0.3 is 6.03 Å². The van der Waals surface area contributed by atoms with Gasteiger partial charge in [-0.1, -0.05) is 11.8 Å². The van der Waals surface area contributed by atoms with Gasteiger partial charge in [-0.15, -0.1) is 0 Å². The largest absolute Gasteiger partial charge is 0.497 e. The number of amides is 3. The molecule has 2 heterocycles. The number of aromatic hydroxyl groups is 1. The molecule has 158 valence electrons. The monoisotopic (exact) mass is 429 g/mol. The van der Waals surface area contributed by atoms with Crippen LogP contribution in [0.25, 0.3) is 10.8 Å². The van der Waals surface area contributed by atoms with Gasteiger partial charge in [0.25, 0.3) is 5.91 Å². The van der Waals surface area contributed by atoms with Crippen LogP contribution in [-0.4, -0.2) is 34.3 Å². The Morgan fingerprint density at radius 1 is 1.19 bits per heavy atom. The molecule has 1 aliphatic rings. The smallest absolute Gasteiger partial charge is 0.323 e. The van der Waals surface area contributed by atoms with Crippen molar-refractivity contribution in [2.45, 2.75) is 12.1 Å². The van der Waals surface area contributed by atoms with Crippen molar-refractivity contribution >= 4 is 22.7 Å². The van der Waals surface area contributed by atoms with Crippen LogP contribution < -0.4 is 15.4 Å². The Bertz CT molecular complexity index is 1310. The van der Waals surface area contributed by atoms with Crippen molar-refractivity contribution < 1.29 is 32.6 Å². The summed E-state index contributed by atoms with van der Waals surface area (Å²) in [6.45, 7) is -0.361. The second kappa shape index (κ2) is 7.28. The molecule has 31 heavy (non-hydrogen) atoms. The standard InChI is InChI=1S/C21H14F3N3O4/c1-31-14-3-2-12-9-27(18(28)15(12)8-14)10-21(19(29)25-20(30)26-21)5-4-11-6-13(22)7-16(23)17(11)24/h2-3,6-9,28H,10H2,1H3,(H2,25,26,29,30)/t21-/m1/s1. The number of hydrogen-bond donors (Lipinski definition) is 3. The van der Waals surface area contributed by atoms with Gasteiger partial charge in [-0.3, -0.25) is 10.1 Å². The summed E-state index contributed by atoms with van der Waals surface area (Å²) in [6.07, 6.45) is 1.52. The molecule has 3 N–H and O–H groups in total. The number of methoxy groups -OCH3 is 1. The van der Waals surface area contributed by atoms with E-state index in [-0.39, 0.29) is 12.4 Å². The summed E-state index contributed by atoms with van der Waals surface area (Å²) in [5.74, 6) is 0.136. The fourth-order valence-corrected chi connectivity index (χ4v) is 3.28. The van der Waals surface area contributed by atoms with Crippen LogP contribution in [0.3, 0.4) is 0 Å². The summed E-state index contributed by atoms with van der Waals surface area (Å²) in [5, 5.41) is 16.0. The lowest BCUT2D eigenvalue weighted by molar-refractivity contribution is -0.122. The Kier molecular flexibility index (Phi) is 4.74. The first-order chi connectivity index (χ1) is 14.7. The van der Waals surface area contributed by atoms with Crippen LogP contribution in [0.4, 0.5) is 18.0 Å². The number of ether oxygens (including phenoxy) is 1. The number of hydrogen-bond acceptors (Lipinski definition) is 4. The Morgan fingerprint density at radius 3 is 2.65 bits per heavy atom. The summed E-state index contributed by atoms with van der Waals surface area (Å²) in [4.78, 5) is 24.3. The molecule has 0 unspecified atom stereocenters. The average molecular weight is 429 g/mol. The topological polar surface area (TPSA) is 92.6 Å². The van der Waals surface area contributed by atoms with E-state index in [1.807, 2.05) is 5.32 Å². The van der Waals surface area contributed by atoms with E-state index in [0.717, 1.165) is 0 Å². The molecule has 7 nitrogen and oxygen atoms in total. The first-order valence-electron chi connectivity index (χ1n) is 8.89. The van der Waals surface area contributed by atoms with Gasteiger partial charge < -0.3 is 19.7 Å². The van der Waals surface area contributed by atoms with Gasteiger partial charge in [0.2, 0.25) is 5.54 Å². The number of carbonyl (C=O) groups excluding carboxylic acids is 2. The van der Waals surface area contributed by atoms with E-state index < -0.39 is 40.5 Å². The van der Waals surface area contributed by atoms with Crippen LogP contribution in [0.15, 0.2) is 36.5 Å². The van der Waals surface area contributed by atoms with E-state index in [4.69, 9.17) is 4.74 Å². The maximum Gasteiger partial charge on any atom is 0.323 e. The predicted molar refractivity (Wildman–Crippen MR) is 103 cm³/mol. The third kappa shape index (κ3) is 3.50. The third-order valence-electron chi connectivity index (χ3n) is 4.82. The van der Waals surface area contributed by atoms with Crippen LogP contribution in [0.5, 0.6) is 11.6 Å². The highest BCUT2D eigenvalue weighted by Crippen LogP contribution is 2.32. The highest BCUT2D eigenvalue weighted by molar-refractivity contribution is 6.09. The average Bonchev–Trinajstić information content (AvgIpc) is 3.18. The Morgan fingerprint density at radius 2 is 1.97 bits per heavy atom. The van der Waals surface area contributed by atoms with Gasteiger partial charge in [0.05, 0.1) is 19.2 Å². The second-order valence-corrected chi connectivity index (χ2v) is 6.85. The molecule has 1 aromatic heterocycles. The fraction of sp³-hybridized carbons (Fsp3) is 0.143. The molecule has 3 amide bonds. The molecule has 10 heteroatoms. The summed E-state index contributed by atoms with van der Waals surface area (Å²) in [7, 11) is 1.46.